The number of hydrogen-bond donors (Lipinski definition) is 2. The third-order valence-electron chi connectivity index (χ3n) is 1.87. The fourth-order valence-corrected chi connectivity index (χ4v) is 1.06. The summed E-state index contributed by atoms with van der Waals surface area (Å²) in [5.41, 5.74) is 0. The van der Waals surface area contributed by atoms with Gasteiger partial charge in [-0.15, -0.1) is 6.58 Å². The van der Waals surface area contributed by atoms with Crippen molar-refractivity contribution >= 4 is 5.91 Å². The summed E-state index contributed by atoms with van der Waals surface area (Å²) >= 11 is 0. The summed E-state index contributed by atoms with van der Waals surface area (Å²) in [6.07, 6.45) is 4.36. The van der Waals surface area contributed by atoms with Crippen molar-refractivity contribution < 1.29 is 4.79 Å². The zero-order valence-electron chi connectivity index (χ0n) is 8.60. The van der Waals surface area contributed by atoms with Crippen molar-refractivity contribution in [2.75, 3.05) is 13.6 Å². The third kappa shape index (κ3) is 7.53. The lowest BCUT2D eigenvalue weighted by molar-refractivity contribution is -0.120. The summed E-state index contributed by atoms with van der Waals surface area (Å²) in [4.78, 5) is 10.8. The molecule has 1 amide bonds. The Kier molecular flexibility index (Phi) is 7.30. The van der Waals surface area contributed by atoms with Gasteiger partial charge in [0, 0.05) is 19.5 Å². The topological polar surface area (TPSA) is 41.1 Å². The van der Waals surface area contributed by atoms with E-state index in [0.717, 1.165) is 19.4 Å². The second-order valence-corrected chi connectivity index (χ2v) is 3.16. The number of amides is 1. The van der Waals surface area contributed by atoms with Crippen LogP contribution in [0.4, 0.5) is 0 Å². The Morgan fingerprint density at radius 3 is 2.85 bits per heavy atom. The molecule has 3 heteroatoms. The molecule has 0 saturated heterocycles. The fraction of sp³-hybridized carbons (Fsp3) is 0.700. The van der Waals surface area contributed by atoms with E-state index in [1.807, 2.05) is 6.08 Å². The van der Waals surface area contributed by atoms with Crippen LogP contribution < -0.4 is 10.6 Å². The van der Waals surface area contributed by atoms with Crippen LogP contribution in [0, 0.1) is 0 Å². The first kappa shape index (κ1) is 12.2. The van der Waals surface area contributed by atoms with E-state index in [1.54, 1.807) is 7.05 Å². The van der Waals surface area contributed by atoms with Crippen molar-refractivity contribution in [3.05, 3.63) is 12.7 Å². The number of nitrogens with one attached hydrogen (secondary N) is 2. The van der Waals surface area contributed by atoms with E-state index in [-0.39, 0.29) is 5.91 Å². The standard InChI is InChI=1S/C10H20N2O/c1-4-6-9(2)12-8-5-7-10(13)11-3/h4,9,12H,1,5-8H2,2-3H3,(H,11,13). The molecule has 2 N–H and O–H groups in total. The molecule has 76 valence electrons. The molecule has 0 fully saturated rings. The largest absolute Gasteiger partial charge is 0.359 e. The minimum atomic E-state index is 0.109. The Hall–Kier alpha value is -0.830. The van der Waals surface area contributed by atoms with Crippen molar-refractivity contribution in [1.82, 2.24) is 10.6 Å². The number of carbonyl (C=O) groups excluding carboxylic acids is 1. The van der Waals surface area contributed by atoms with Gasteiger partial charge in [0.1, 0.15) is 0 Å². The molecule has 0 rings (SSSR count). The molecule has 0 aromatic rings. The summed E-state index contributed by atoms with van der Waals surface area (Å²) < 4.78 is 0. The van der Waals surface area contributed by atoms with E-state index in [2.05, 4.69) is 24.1 Å². The average Bonchev–Trinajstić information content (AvgIpc) is 2.12. The minimum Gasteiger partial charge on any atom is -0.359 e. The molecule has 0 aromatic heterocycles. The smallest absolute Gasteiger partial charge is 0.219 e. The second-order valence-electron chi connectivity index (χ2n) is 3.16. The highest BCUT2D eigenvalue weighted by Crippen LogP contribution is 1.92. The van der Waals surface area contributed by atoms with Crippen LogP contribution in [0.25, 0.3) is 0 Å². The molecule has 0 saturated carbocycles. The first-order valence-corrected chi connectivity index (χ1v) is 4.75. The van der Waals surface area contributed by atoms with Crippen LogP contribution in [0.15, 0.2) is 12.7 Å². The van der Waals surface area contributed by atoms with Gasteiger partial charge >= 0.3 is 0 Å². The first-order valence-electron chi connectivity index (χ1n) is 4.75. The quantitative estimate of drug-likeness (QED) is 0.459. The van der Waals surface area contributed by atoms with Gasteiger partial charge in [0.2, 0.25) is 5.91 Å². The van der Waals surface area contributed by atoms with Gasteiger partial charge in [-0.25, -0.2) is 0 Å². The summed E-state index contributed by atoms with van der Waals surface area (Å²) in [7, 11) is 1.66. The number of rotatable bonds is 7. The monoisotopic (exact) mass is 184 g/mol. The van der Waals surface area contributed by atoms with Crippen LogP contribution in [-0.4, -0.2) is 25.5 Å². The van der Waals surface area contributed by atoms with Gasteiger partial charge in [0.05, 0.1) is 0 Å². The van der Waals surface area contributed by atoms with Gasteiger partial charge in [0.25, 0.3) is 0 Å². The molecule has 0 aliphatic heterocycles. The fourth-order valence-electron chi connectivity index (χ4n) is 1.06. The maximum atomic E-state index is 10.8. The Morgan fingerprint density at radius 2 is 2.31 bits per heavy atom. The summed E-state index contributed by atoms with van der Waals surface area (Å²) in [5.74, 6) is 0.109. The summed E-state index contributed by atoms with van der Waals surface area (Å²) in [5, 5.41) is 5.91. The Morgan fingerprint density at radius 1 is 1.62 bits per heavy atom. The minimum absolute atomic E-state index is 0.109. The van der Waals surface area contributed by atoms with E-state index in [0.29, 0.717) is 12.5 Å². The molecular formula is C10H20N2O. The lowest BCUT2D eigenvalue weighted by atomic mass is 10.2. The highest BCUT2D eigenvalue weighted by molar-refractivity contribution is 5.75. The van der Waals surface area contributed by atoms with Gasteiger partial charge in [-0.1, -0.05) is 6.08 Å². The van der Waals surface area contributed by atoms with Crippen molar-refractivity contribution in [3.63, 3.8) is 0 Å². The van der Waals surface area contributed by atoms with Crippen LogP contribution in [-0.2, 0) is 4.79 Å². The lowest BCUT2D eigenvalue weighted by Crippen LogP contribution is -2.27. The van der Waals surface area contributed by atoms with Gasteiger partial charge in [-0.05, 0) is 26.3 Å². The van der Waals surface area contributed by atoms with E-state index in [1.165, 1.54) is 0 Å². The van der Waals surface area contributed by atoms with E-state index in [9.17, 15) is 4.79 Å². The summed E-state index contributed by atoms with van der Waals surface area (Å²) in [6, 6.07) is 0.460. The van der Waals surface area contributed by atoms with E-state index < -0.39 is 0 Å². The molecule has 0 aliphatic carbocycles. The molecule has 0 bridgehead atoms. The predicted octanol–water partition coefficient (Wildman–Crippen LogP) is 1.07. The van der Waals surface area contributed by atoms with Gasteiger partial charge in [-0.3, -0.25) is 4.79 Å². The zero-order valence-corrected chi connectivity index (χ0v) is 8.60. The van der Waals surface area contributed by atoms with Crippen LogP contribution in [0.1, 0.15) is 26.2 Å². The molecule has 1 atom stereocenters. The van der Waals surface area contributed by atoms with Crippen molar-refractivity contribution in [1.29, 1.82) is 0 Å². The van der Waals surface area contributed by atoms with Gasteiger partial charge < -0.3 is 10.6 Å². The van der Waals surface area contributed by atoms with E-state index in [4.69, 9.17) is 0 Å². The number of carbonyl (C=O) groups is 1. The third-order valence-corrected chi connectivity index (χ3v) is 1.87. The normalized spacial score (nSPS) is 12.2. The molecule has 0 radical (unpaired) electrons. The number of hydrogen-bond acceptors (Lipinski definition) is 2. The summed E-state index contributed by atoms with van der Waals surface area (Å²) in [6.45, 7) is 6.67. The lowest BCUT2D eigenvalue weighted by Gasteiger charge is -2.10. The highest BCUT2D eigenvalue weighted by atomic mass is 16.1. The molecule has 13 heavy (non-hydrogen) atoms. The molecule has 3 nitrogen and oxygen atoms in total. The molecule has 0 aliphatic rings. The molecule has 0 aromatic carbocycles. The van der Waals surface area contributed by atoms with Crippen molar-refractivity contribution in [3.8, 4) is 0 Å². The Labute approximate surface area is 80.6 Å². The maximum Gasteiger partial charge on any atom is 0.219 e. The van der Waals surface area contributed by atoms with Crippen molar-refractivity contribution in [2.45, 2.75) is 32.2 Å². The molecule has 1 unspecified atom stereocenters. The van der Waals surface area contributed by atoms with Crippen molar-refractivity contribution in [2.24, 2.45) is 0 Å². The molecule has 0 spiro atoms. The predicted molar refractivity (Wildman–Crippen MR) is 55.6 cm³/mol. The highest BCUT2D eigenvalue weighted by Gasteiger charge is 1.99. The van der Waals surface area contributed by atoms with Gasteiger partial charge in [0.15, 0.2) is 0 Å². The second kappa shape index (κ2) is 7.80. The van der Waals surface area contributed by atoms with Crippen LogP contribution >= 0.6 is 0 Å². The maximum absolute atomic E-state index is 10.8. The Bertz CT molecular complexity index is 157. The van der Waals surface area contributed by atoms with E-state index >= 15 is 0 Å². The zero-order chi connectivity index (χ0) is 10.1. The molecule has 0 heterocycles. The van der Waals surface area contributed by atoms with Crippen LogP contribution in [0.5, 0.6) is 0 Å². The first-order chi connectivity index (χ1) is 6.20. The average molecular weight is 184 g/mol. The Balaban J connectivity index is 3.24. The van der Waals surface area contributed by atoms with Gasteiger partial charge in [-0.2, -0.15) is 0 Å². The van der Waals surface area contributed by atoms with Crippen LogP contribution in [0.3, 0.4) is 0 Å². The molecular weight excluding hydrogens is 164 g/mol. The van der Waals surface area contributed by atoms with Crippen LogP contribution in [0.2, 0.25) is 0 Å². The SMILES string of the molecule is C=CCC(C)NCCCC(=O)NC.